The molecule has 0 aliphatic rings. The second kappa shape index (κ2) is 9.45. The second-order valence-corrected chi connectivity index (χ2v) is 7.26. The minimum absolute atomic E-state index is 0.531. The van der Waals surface area contributed by atoms with Gasteiger partial charge in [0.05, 0.1) is 10.8 Å². The average Bonchev–Trinajstić information content (AvgIpc) is 2.61. The highest BCUT2D eigenvalue weighted by atomic mass is 35.5. The molecule has 6 heteroatoms. The number of halogens is 1. The van der Waals surface area contributed by atoms with Crippen molar-refractivity contribution >= 4 is 28.4 Å². The van der Waals surface area contributed by atoms with Crippen molar-refractivity contribution in [3.05, 3.63) is 65.2 Å². The Morgan fingerprint density at radius 3 is 2.50 bits per heavy atom. The number of benzene rings is 2. The minimum atomic E-state index is -1.01. The molecule has 4 nitrogen and oxygen atoms in total. The summed E-state index contributed by atoms with van der Waals surface area (Å²) in [6.07, 6.45) is 0. The molecule has 0 spiro atoms. The van der Waals surface area contributed by atoms with Crippen molar-refractivity contribution in [3.63, 3.8) is 0 Å². The van der Waals surface area contributed by atoms with E-state index in [0.717, 1.165) is 21.4 Å². The van der Waals surface area contributed by atoms with Gasteiger partial charge in [0.15, 0.2) is 5.96 Å². The standard InChI is InChI=1S/C18H22ClN3OS/c1-20-18(22(2)14-15-8-6-7-11-17(15)19)21-12-13-24(23)16-9-4-3-5-10-16/h3-11H,12-14H2,1-2H3,(H,20,21). The molecule has 0 aliphatic heterocycles. The first-order chi connectivity index (χ1) is 11.6. The molecule has 1 atom stereocenters. The number of aliphatic imine (C=N–C) groups is 1. The van der Waals surface area contributed by atoms with Gasteiger partial charge in [0.2, 0.25) is 0 Å². The fourth-order valence-corrected chi connectivity index (χ4v) is 3.47. The van der Waals surface area contributed by atoms with Gasteiger partial charge in [0.25, 0.3) is 0 Å². The zero-order valence-electron chi connectivity index (χ0n) is 13.9. The maximum Gasteiger partial charge on any atom is 0.193 e. The van der Waals surface area contributed by atoms with Gasteiger partial charge >= 0.3 is 0 Å². The maximum atomic E-state index is 12.2. The lowest BCUT2D eigenvalue weighted by molar-refractivity contribution is 0.479. The Morgan fingerprint density at radius 1 is 1.17 bits per heavy atom. The Bertz CT molecular complexity index is 706. The van der Waals surface area contributed by atoms with Gasteiger partial charge in [0, 0.05) is 42.9 Å². The molecule has 128 valence electrons. The van der Waals surface area contributed by atoms with E-state index in [1.54, 1.807) is 7.05 Å². The van der Waals surface area contributed by atoms with Crippen LogP contribution >= 0.6 is 11.6 Å². The van der Waals surface area contributed by atoms with Gasteiger partial charge in [-0.05, 0) is 23.8 Å². The maximum absolute atomic E-state index is 12.2. The number of hydrogen-bond acceptors (Lipinski definition) is 2. The lowest BCUT2D eigenvalue weighted by Gasteiger charge is -2.22. The Hall–Kier alpha value is -1.85. The van der Waals surface area contributed by atoms with Gasteiger partial charge in [-0.25, -0.2) is 0 Å². The molecule has 0 saturated heterocycles. The normalized spacial score (nSPS) is 12.7. The molecular weight excluding hydrogens is 342 g/mol. The summed E-state index contributed by atoms with van der Waals surface area (Å²) in [5.74, 6) is 1.28. The third-order valence-corrected chi connectivity index (χ3v) is 5.26. The van der Waals surface area contributed by atoms with Crippen molar-refractivity contribution in [3.8, 4) is 0 Å². The highest BCUT2D eigenvalue weighted by molar-refractivity contribution is 7.85. The van der Waals surface area contributed by atoms with Crippen LogP contribution in [0.25, 0.3) is 0 Å². The number of rotatable bonds is 6. The fraction of sp³-hybridized carbons (Fsp3) is 0.278. The number of nitrogens with one attached hydrogen (secondary N) is 1. The van der Waals surface area contributed by atoms with Crippen molar-refractivity contribution in [2.45, 2.75) is 11.4 Å². The van der Waals surface area contributed by atoms with Gasteiger partial charge in [0.1, 0.15) is 0 Å². The summed E-state index contributed by atoms with van der Waals surface area (Å²) in [5, 5.41) is 3.99. The Labute approximate surface area is 151 Å². The van der Waals surface area contributed by atoms with Gasteiger partial charge < -0.3 is 10.2 Å². The first-order valence-electron chi connectivity index (χ1n) is 7.70. The average molecular weight is 364 g/mol. The van der Waals surface area contributed by atoms with Crippen molar-refractivity contribution in [2.24, 2.45) is 4.99 Å². The monoisotopic (exact) mass is 363 g/mol. The predicted molar refractivity (Wildman–Crippen MR) is 102 cm³/mol. The molecule has 0 saturated carbocycles. The molecule has 0 heterocycles. The molecule has 0 bridgehead atoms. The van der Waals surface area contributed by atoms with Gasteiger partial charge in [-0.15, -0.1) is 0 Å². The zero-order valence-corrected chi connectivity index (χ0v) is 15.5. The summed E-state index contributed by atoms with van der Waals surface area (Å²) in [6, 6.07) is 17.2. The minimum Gasteiger partial charge on any atom is -0.355 e. The summed E-state index contributed by atoms with van der Waals surface area (Å²) < 4.78 is 12.2. The van der Waals surface area contributed by atoms with Gasteiger partial charge in [-0.3, -0.25) is 9.20 Å². The van der Waals surface area contributed by atoms with Gasteiger partial charge in [-0.1, -0.05) is 48.0 Å². The van der Waals surface area contributed by atoms with Crippen molar-refractivity contribution in [2.75, 3.05) is 26.4 Å². The van der Waals surface area contributed by atoms with Crippen LogP contribution in [0.3, 0.4) is 0 Å². The molecule has 0 amide bonds. The van der Waals surface area contributed by atoms with Crippen LogP contribution < -0.4 is 5.32 Å². The summed E-state index contributed by atoms with van der Waals surface area (Å²) >= 11 is 6.20. The second-order valence-electron chi connectivity index (χ2n) is 5.28. The van der Waals surface area contributed by atoms with E-state index in [1.165, 1.54) is 0 Å². The first-order valence-corrected chi connectivity index (χ1v) is 9.40. The number of nitrogens with zero attached hydrogens (tertiary/aromatic N) is 2. The third-order valence-electron chi connectivity index (χ3n) is 3.52. The van der Waals surface area contributed by atoms with Gasteiger partial charge in [-0.2, -0.15) is 0 Å². The summed E-state index contributed by atoms with van der Waals surface area (Å²) in [7, 11) is 2.67. The largest absolute Gasteiger partial charge is 0.355 e. The quantitative estimate of drug-likeness (QED) is 0.633. The Balaban J connectivity index is 1.86. The summed E-state index contributed by atoms with van der Waals surface area (Å²) in [4.78, 5) is 7.11. The molecule has 0 aromatic heterocycles. The Kier molecular flexibility index (Phi) is 7.28. The number of guanidine groups is 1. The van der Waals surface area contributed by atoms with Crippen LogP contribution in [-0.2, 0) is 17.3 Å². The van der Waals surface area contributed by atoms with Crippen LogP contribution in [0.1, 0.15) is 5.56 Å². The molecule has 1 unspecified atom stereocenters. The molecule has 24 heavy (non-hydrogen) atoms. The molecular formula is C18H22ClN3OS. The number of hydrogen-bond donors (Lipinski definition) is 1. The molecule has 2 aromatic rings. The topological polar surface area (TPSA) is 44.7 Å². The van der Waals surface area contributed by atoms with E-state index < -0.39 is 10.8 Å². The first kappa shape index (κ1) is 18.5. The van der Waals surface area contributed by atoms with E-state index in [-0.39, 0.29) is 0 Å². The van der Waals surface area contributed by atoms with Crippen LogP contribution in [0.5, 0.6) is 0 Å². The van der Waals surface area contributed by atoms with Crippen LogP contribution in [0.15, 0.2) is 64.5 Å². The molecule has 0 fully saturated rings. The van der Waals surface area contributed by atoms with E-state index in [0.29, 0.717) is 18.8 Å². The SMILES string of the molecule is CN=C(NCCS(=O)c1ccccc1)N(C)Cc1ccccc1Cl. The molecule has 0 radical (unpaired) electrons. The molecule has 0 aliphatic carbocycles. The molecule has 2 rings (SSSR count). The summed E-state index contributed by atoms with van der Waals surface area (Å²) in [5.41, 5.74) is 1.04. The molecule has 2 aromatic carbocycles. The van der Waals surface area contributed by atoms with Crippen LogP contribution in [0, 0.1) is 0 Å². The van der Waals surface area contributed by atoms with E-state index in [1.807, 2.05) is 66.5 Å². The van der Waals surface area contributed by atoms with Crippen LogP contribution in [-0.4, -0.2) is 41.5 Å². The fourth-order valence-electron chi connectivity index (χ4n) is 2.29. The van der Waals surface area contributed by atoms with Crippen LogP contribution in [0.4, 0.5) is 0 Å². The lowest BCUT2D eigenvalue weighted by atomic mass is 10.2. The van der Waals surface area contributed by atoms with E-state index >= 15 is 0 Å². The van der Waals surface area contributed by atoms with E-state index in [4.69, 9.17) is 11.6 Å². The Morgan fingerprint density at radius 2 is 1.83 bits per heavy atom. The predicted octanol–water partition coefficient (Wildman–Crippen LogP) is 3.16. The molecule has 1 N–H and O–H groups in total. The summed E-state index contributed by atoms with van der Waals surface area (Å²) in [6.45, 7) is 1.24. The van der Waals surface area contributed by atoms with Crippen LogP contribution in [0.2, 0.25) is 5.02 Å². The van der Waals surface area contributed by atoms with Crippen molar-refractivity contribution in [1.82, 2.24) is 10.2 Å². The van der Waals surface area contributed by atoms with E-state index in [9.17, 15) is 4.21 Å². The lowest BCUT2D eigenvalue weighted by Crippen LogP contribution is -2.40. The highest BCUT2D eigenvalue weighted by Gasteiger charge is 2.09. The third kappa shape index (κ3) is 5.35. The van der Waals surface area contributed by atoms with Crippen molar-refractivity contribution in [1.29, 1.82) is 0 Å². The smallest absolute Gasteiger partial charge is 0.193 e. The highest BCUT2D eigenvalue weighted by Crippen LogP contribution is 2.16. The van der Waals surface area contributed by atoms with Crippen molar-refractivity contribution < 1.29 is 4.21 Å². The zero-order chi connectivity index (χ0) is 17.4. The van der Waals surface area contributed by atoms with E-state index in [2.05, 4.69) is 10.3 Å².